The minimum Gasteiger partial charge on any atom is -0.354 e. The molecule has 2 amide bonds. The van der Waals surface area contributed by atoms with Gasteiger partial charge < -0.3 is 10.2 Å². The van der Waals surface area contributed by atoms with Crippen LogP contribution in [0.2, 0.25) is 5.02 Å². The Morgan fingerprint density at radius 2 is 1.46 bits per heavy atom. The molecule has 0 spiro atoms. The number of nitrogens with zero attached hydrogens (tertiary/aromatic N) is 2. The van der Waals surface area contributed by atoms with E-state index in [9.17, 15) is 18.0 Å². The SMILES string of the molecule is Cc1ccc(S(=O)(=O)N(CC(=O)N(Cc2ccc(Cl)cc2)[C@H](Cc2ccccc2)C(=O)NCC(C)C)c2ccc(C)c(C)c2)cc1. The number of carbonyl (C=O) groups excluding carboxylic acids is 2. The maximum Gasteiger partial charge on any atom is 0.264 e. The number of aryl methyl sites for hydroxylation is 3. The van der Waals surface area contributed by atoms with Crippen LogP contribution in [0.3, 0.4) is 0 Å². The second-order valence-corrected chi connectivity index (χ2v) is 14.4. The summed E-state index contributed by atoms with van der Waals surface area (Å²) in [5, 5.41) is 3.55. The number of amides is 2. The zero-order valence-corrected chi connectivity index (χ0v) is 28.6. The van der Waals surface area contributed by atoms with E-state index in [0.717, 1.165) is 32.1 Å². The van der Waals surface area contributed by atoms with Crippen molar-refractivity contribution in [2.45, 2.75) is 58.5 Å². The van der Waals surface area contributed by atoms with Crippen LogP contribution in [0, 0.1) is 26.7 Å². The molecule has 9 heteroatoms. The van der Waals surface area contributed by atoms with Gasteiger partial charge in [-0.1, -0.05) is 91.7 Å². The Hall–Kier alpha value is -4.14. The molecule has 7 nitrogen and oxygen atoms in total. The first-order chi connectivity index (χ1) is 21.8. The van der Waals surface area contributed by atoms with Gasteiger partial charge in [0.2, 0.25) is 11.8 Å². The van der Waals surface area contributed by atoms with E-state index in [2.05, 4.69) is 5.32 Å². The van der Waals surface area contributed by atoms with Crippen molar-refractivity contribution in [3.8, 4) is 0 Å². The molecule has 0 aliphatic carbocycles. The zero-order valence-electron chi connectivity index (χ0n) is 27.0. The fourth-order valence-electron chi connectivity index (χ4n) is 5.01. The van der Waals surface area contributed by atoms with Crippen molar-refractivity contribution in [1.82, 2.24) is 10.2 Å². The smallest absolute Gasteiger partial charge is 0.264 e. The highest BCUT2D eigenvalue weighted by molar-refractivity contribution is 7.92. The van der Waals surface area contributed by atoms with E-state index in [-0.39, 0.29) is 29.7 Å². The van der Waals surface area contributed by atoms with Crippen LogP contribution in [0.1, 0.15) is 41.7 Å². The van der Waals surface area contributed by atoms with E-state index in [1.807, 2.05) is 71.0 Å². The predicted octanol–water partition coefficient (Wildman–Crippen LogP) is 6.87. The Bertz CT molecular complexity index is 1740. The summed E-state index contributed by atoms with van der Waals surface area (Å²) < 4.78 is 29.6. The monoisotopic (exact) mass is 659 g/mol. The number of benzene rings is 4. The van der Waals surface area contributed by atoms with Crippen LogP contribution in [0.25, 0.3) is 0 Å². The van der Waals surface area contributed by atoms with Gasteiger partial charge in [0.05, 0.1) is 10.6 Å². The number of carbonyl (C=O) groups is 2. The quantitative estimate of drug-likeness (QED) is 0.170. The number of anilines is 1. The van der Waals surface area contributed by atoms with Crippen molar-refractivity contribution in [3.05, 3.63) is 130 Å². The second kappa shape index (κ2) is 15.4. The Balaban J connectivity index is 1.81. The van der Waals surface area contributed by atoms with Gasteiger partial charge in [-0.05, 0) is 85.3 Å². The fraction of sp³-hybridized carbons (Fsp3) is 0.297. The van der Waals surface area contributed by atoms with Crippen LogP contribution in [0.15, 0.2) is 102 Å². The van der Waals surface area contributed by atoms with Crippen molar-refractivity contribution < 1.29 is 18.0 Å². The molecule has 0 heterocycles. The van der Waals surface area contributed by atoms with Gasteiger partial charge in [0.15, 0.2) is 0 Å². The number of hydrogen-bond donors (Lipinski definition) is 1. The average molecular weight is 660 g/mol. The highest BCUT2D eigenvalue weighted by Gasteiger charge is 2.34. The lowest BCUT2D eigenvalue weighted by molar-refractivity contribution is -0.140. The minimum absolute atomic E-state index is 0.0730. The predicted molar refractivity (Wildman–Crippen MR) is 185 cm³/mol. The molecule has 0 bridgehead atoms. The number of halogens is 1. The van der Waals surface area contributed by atoms with Crippen LogP contribution in [0.4, 0.5) is 5.69 Å². The minimum atomic E-state index is -4.17. The van der Waals surface area contributed by atoms with Crippen molar-refractivity contribution in [2.75, 3.05) is 17.4 Å². The summed E-state index contributed by atoms with van der Waals surface area (Å²) in [5.74, 6) is -0.620. The number of sulfonamides is 1. The first-order valence-corrected chi connectivity index (χ1v) is 17.2. The van der Waals surface area contributed by atoms with E-state index in [0.29, 0.717) is 17.3 Å². The Kier molecular flexibility index (Phi) is 11.7. The molecule has 4 aromatic rings. The molecule has 4 aromatic carbocycles. The molecule has 0 aromatic heterocycles. The lowest BCUT2D eigenvalue weighted by Crippen LogP contribution is -2.53. The summed E-state index contributed by atoms with van der Waals surface area (Å²) in [7, 11) is -4.17. The summed E-state index contributed by atoms with van der Waals surface area (Å²) in [6, 6.07) is 27.5. The van der Waals surface area contributed by atoms with E-state index in [4.69, 9.17) is 11.6 Å². The lowest BCUT2D eigenvalue weighted by atomic mass is 10.0. The molecule has 0 unspecified atom stereocenters. The fourth-order valence-corrected chi connectivity index (χ4v) is 6.54. The highest BCUT2D eigenvalue weighted by atomic mass is 35.5. The zero-order chi connectivity index (χ0) is 33.4. The standard InChI is InChI=1S/C37H42ClN3O4S/c1-26(2)23-39-37(43)35(22-30-9-7-6-8-10-30)40(24-31-14-16-32(38)17-15-31)36(42)25-41(33-18-13-28(4)29(5)21-33)46(44,45)34-19-11-27(3)12-20-34/h6-21,26,35H,22-25H2,1-5H3,(H,39,43)/t35-/m1/s1. The molecule has 1 atom stereocenters. The summed E-state index contributed by atoms with van der Waals surface area (Å²) in [4.78, 5) is 30.0. The Morgan fingerprint density at radius 1 is 0.804 bits per heavy atom. The molecule has 0 saturated carbocycles. The van der Waals surface area contributed by atoms with Gasteiger partial charge in [-0.15, -0.1) is 0 Å². The van der Waals surface area contributed by atoms with E-state index in [1.165, 1.54) is 4.90 Å². The molecule has 242 valence electrons. The first-order valence-electron chi connectivity index (χ1n) is 15.4. The summed E-state index contributed by atoms with van der Waals surface area (Å²) >= 11 is 6.16. The van der Waals surface area contributed by atoms with Crippen molar-refractivity contribution in [1.29, 1.82) is 0 Å². The van der Waals surface area contributed by atoms with Gasteiger partial charge in [-0.3, -0.25) is 13.9 Å². The summed E-state index contributed by atoms with van der Waals surface area (Å²) in [6.45, 7) is 9.74. The van der Waals surface area contributed by atoms with Gasteiger partial charge in [0.1, 0.15) is 12.6 Å². The summed E-state index contributed by atoms with van der Waals surface area (Å²) in [5.41, 5.74) is 4.80. The lowest BCUT2D eigenvalue weighted by Gasteiger charge is -2.34. The third kappa shape index (κ3) is 8.98. The number of hydrogen-bond acceptors (Lipinski definition) is 4. The van der Waals surface area contributed by atoms with Crippen molar-refractivity contribution in [2.24, 2.45) is 5.92 Å². The average Bonchev–Trinajstić information content (AvgIpc) is 3.03. The van der Waals surface area contributed by atoms with Gasteiger partial charge in [-0.2, -0.15) is 0 Å². The first kappa shape index (κ1) is 34.7. The Labute approximate surface area is 278 Å². The molecule has 0 aliphatic heterocycles. The second-order valence-electron chi connectivity index (χ2n) is 12.1. The van der Waals surface area contributed by atoms with Crippen molar-refractivity contribution >= 4 is 39.1 Å². The van der Waals surface area contributed by atoms with Crippen LogP contribution in [-0.2, 0) is 32.6 Å². The molecule has 0 aliphatic rings. The van der Waals surface area contributed by atoms with Crippen molar-refractivity contribution in [3.63, 3.8) is 0 Å². The molecule has 0 saturated heterocycles. The molecule has 4 rings (SSSR count). The van der Waals surface area contributed by atoms with Crippen LogP contribution in [-0.4, -0.2) is 44.3 Å². The van der Waals surface area contributed by atoms with Gasteiger partial charge in [0.25, 0.3) is 10.0 Å². The molecule has 1 N–H and O–H groups in total. The third-order valence-corrected chi connectivity index (χ3v) is 9.93. The third-order valence-electron chi connectivity index (χ3n) is 7.89. The van der Waals surface area contributed by atoms with Crippen LogP contribution >= 0.6 is 11.6 Å². The molecule has 0 fully saturated rings. The molecule has 0 radical (unpaired) electrons. The van der Waals surface area contributed by atoms with Gasteiger partial charge >= 0.3 is 0 Å². The normalized spacial score (nSPS) is 12.1. The highest BCUT2D eigenvalue weighted by Crippen LogP contribution is 2.27. The van der Waals surface area contributed by atoms with E-state index in [1.54, 1.807) is 60.7 Å². The van der Waals surface area contributed by atoms with E-state index >= 15 is 0 Å². The van der Waals surface area contributed by atoms with E-state index < -0.39 is 28.5 Å². The van der Waals surface area contributed by atoms with Crippen LogP contribution in [0.5, 0.6) is 0 Å². The largest absolute Gasteiger partial charge is 0.354 e. The topological polar surface area (TPSA) is 86.8 Å². The van der Waals surface area contributed by atoms with Gasteiger partial charge in [0, 0.05) is 24.5 Å². The maximum atomic E-state index is 14.6. The summed E-state index contributed by atoms with van der Waals surface area (Å²) in [6.07, 6.45) is 0.248. The number of rotatable bonds is 13. The molecular weight excluding hydrogens is 618 g/mol. The molecule has 46 heavy (non-hydrogen) atoms. The van der Waals surface area contributed by atoms with Crippen LogP contribution < -0.4 is 9.62 Å². The van der Waals surface area contributed by atoms with Gasteiger partial charge in [-0.25, -0.2) is 8.42 Å². The number of nitrogens with one attached hydrogen (secondary N) is 1. The molecular formula is C37H42ClN3O4S. The Morgan fingerprint density at radius 3 is 2.07 bits per heavy atom. The maximum absolute atomic E-state index is 14.6.